The smallest absolute Gasteiger partial charge is 0.250 e. The summed E-state index contributed by atoms with van der Waals surface area (Å²) in [5.74, 6) is 0.0292. The minimum Gasteiger partial charge on any atom is -0.303 e. The van der Waals surface area contributed by atoms with E-state index < -0.39 is 6.04 Å². The predicted molar refractivity (Wildman–Crippen MR) is 115 cm³/mol. The Labute approximate surface area is 168 Å². The van der Waals surface area contributed by atoms with Crippen LogP contribution >= 0.6 is 0 Å². The molecule has 0 saturated heterocycles. The van der Waals surface area contributed by atoms with Gasteiger partial charge in [0, 0.05) is 12.0 Å². The average molecular weight is 379 g/mol. The second-order valence-electron chi connectivity index (χ2n) is 8.39. The zero-order valence-electron chi connectivity index (χ0n) is 17.3. The van der Waals surface area contributed by atoms with Gasteiger partial charge in [-0.05, 0) is 57.7 Å². The molecule has 1 aliphatic heterocycles. The van der Waals surface area contributed by atoms with Crippen molar-refractivity contribution in [2.45, 2.75) is 65.0 Å². The first kappa shape index (κ1) is 20.1. The fourth-order valence-corrected chi connectivity index (χ4v) is 3.94. The van der Waals surface area contributed by atoms with Crippen LogP contribution in [0, 0.1) is 0 Å². The van der Waals surface area contributed by atoms with Gasteiger partial charge in [0.15, 0.2) is 0 Å². The van der Waals surface area contributed by atoms with Crippen LogP contribution < -0.4 is 9.80 Å². The van der Waals surface area contributed by atoms with Gasteiger partial charge in [0.05, 0.1) is 11.4 Å². The number of anilines is 2. The maximum atomic E-state index is 13.6. The molecule has 3 rings (SSSR count). The van der Waals surface area contributed by atoms with E-state index in [1.165, 1.54) is 5.56 Å². The Kier molecular flexibility index (Phi) is 5.87. The zero-order chi connectivity index (χ0) is 20.3. The van der Waals surface area contributed by atoms with Crippen molar-refractivity contribution in [1.82, 2.24) is 0 Å². The highest BCUT2D eigenvalue weighted by Crippen LogP contribution is 2.41. The molecule has 1 heterocycles. The second kappa shape index (κ2) is 8.17. The summed E-state index contributed by atoms with van der Waals surface area (Å²) in [4.78, 5) is 30.3. The van der Waals surface area contributed by atoms with Gasteiger partial charge < -0.3 is 4.90 Å². The minimum atomic E-state index is -0.478. The summed E-state index contributed by atoms with van der Waals surface area (Å²) in [6, 6.07) is 17.4. The Morgan fingerprint density at radius 1 is 0.964 bits per heavy atom. The van der Waals surface area contributed by atoms with Gasteiger partial charge in [-0.25, -0.2) is 0 Å². The van der Waals surface area contributed by atoms with Gasteiger partial charge in [0.2, 0.25) is 5.91 Å². The number of aryl methyl sites for hydroxylation is 1. The molecule has 0 fully saturated rings. The molecule has 28 heavy (non-hydrogen) atoms. The van der Waals surface area contributed by atoms with E-state index in [0.29, 0.717) is 12.8 Å². The minimum absolute atomic E-state index is 0.00610. The topological polar surface area (TPSA) is 40.6 Å². The van der Waals surface area contributed by atoms with Gasteiger partial charge >= 0.3 is 0 Å². The Balaban J connectivity index is 2.03. The van der Waals surface area contributed by atoms with Crippen molar-refractivity contribution >= 4 is 23.2 Å². The van der Waals surface area contributed by atoms with Crippen LogP contribution in [-0.4, -0.2) is 23.4 Å². The molecule has 0 aliphatic carbocycles. The van der Waals surface area contributed by atoms with E-state index >= 15 is 0 Å². The highest BCUT2D eigenvalue weighted by atomic mass is 16.2. The Hall–Kier alpha value is -2.62. The van der Waals surface area contributed by atoms with Crippen molar-refractivity contribution in [3.8, 4) is 0 Å². The number of para-hydroxylation sites is 2. The molecule has 148 valence electrons. The lowest BCUT2D eigenvalue weighted by molar-refractivity contribution is -0.126. The first-order valence-corrected chi connectivity index (χ1v) is 10.1. The standard InChI is InChI=1S/C24H30N2O2/c1-5-11-22(27)25-19-14-9-10-15-20(19)26(24(2,3)4)23(28)21(25)17-16-18-12-7-6-8-13-18/h6-10,12-15,21H,5,11,16-17H2,1-4H3. The third-order valence-electron chi connectivity index (χ3n) is 5.15. The number of hydrogen-bond donors (Lipinski definition) is 0. The molecule has 0 bridgehead atoms. The number of nitrogens with zero attached hydrogens (tertiary/aromatic N) is 2. The van der Waals surface area contributed by atoms with E-state index in [2.05, 4.69) is 12.1 Å². The monoisotopic (exact) mass is 378 g/mol. The van der Waals surface area contributed by atoms with Crippen LogP contribution in [0.1, 0.15) is 52.5 Å². The Morgan fingerprint density at radius 3 is 2.18 bits per heavy atom. The number of amides is 2. The summed E-state index contributed by atoms with van der Waals surface area (Å²) in [6.07, 6.45) is 2.57. The molecule has 1 aliphatic rings. The number of hydrogen-bond acceptors (Lipinski definition) is 2. The van der Waals surface area contributed by atoms with Crippen LogP contribution in [0.4, 0.5) is 11.4 Å². The van der Waals surface area contributed by atoms with Crippen LogP contribution in [0.15, 0.2) is 54.6 Å². The molecule has 0 radical (unpaired) electrons. The van der Waals surface area contributed by atoms with Gasteiger partial charge in [-0.3, -0.25) is 14.5 Å². The summed E-state index contributed by atoms with van der Waals surface area (Å²) >= 11 is 0. The average Bonchev–Trinajstić information content (AvgIpc) is 2.65. The van der Waals surface area contributed by atoms with Gasteiger partial charge in [-0.2, -0.15) is 0 Å². The Bertz CT molecular complexity index is 839. The van der Waals surface area contributed by atoms with Gasteiger partial charge in [0.25, 0.3) is 5.91 Å². The van der Waals surface area contributed by atoms with Crippen LogP contribution in [-0.2, 0) is 16.0 Å². The maximum Gasteiger partial charge on any atom is 0.250 e. The van der Waals surface area contributed by atoms with Crippen molar-refractivity contribution in [2.24, 2.45) is 0 Å². The molecule has 0 N–H and O–H groups in total. The van der Waals surface area contributed by atoms with Crippen molar-refractivity contribution in [1.29, 1.82) is 0 Å². The first-order chi connectivity index (χ1) is 13.3. The van der Waals surface area contributed by atoms with E-state index in [-0.39, 0.29) is 17.4 Å². The first-order valence-electron chi connectivity index (χ1n) is 10.1. The number of carbonyl (C=O) groups is 2. The second-order valence-corrected chi connectivity index (χ2v) is 8.39. The number of rotatable bonds is 5. The van der Waals surface area contributed by atoms with Crippen LogP contribution in [0.2, 0.25) is 0 Å². The van der Waals surface area contributed by atoms with Crippen molar-refractivity contribution in [3.63, 3.8) is 0 Å². The third-order valence-corrected chi connectivity index (χ3v) is 5.15. The van der Waals surface area contributed by atoms with Crippen molar-refractivity contribution in [2.75, 3.05) is 9.80 Å². The van der Waals surface area contributed by atoms with E-state index in [1.54, 1.807) is 4.90 Å². The fourth-order valence-electron chi connectivity index (χ4n) is 3.94. The zero-order valence-corrected chi connectivity index (χ0v) is 17.3. The number of fused-ring (bicyclic) bond motifs is 1. The van der Waals surface area contributed by atoms with Crippen LogP contribution in [0.3, 0.4) is 0 Å². The lowest BCUT2D eigenvalue weighted by atomic mass is 9.94. The molecule has 1 atom stereocenters. The molecule has 0 saturated carbocycles. The lowest BCUT2D eigenvalue weighted by Gasteiger charge is -2.47. The normalized spacial score (nSPS) is 16.9. The highest BCUT2D eigenvalue weighted by Gasteiger charge is 2.44. The van der Waals surface area contributed by atoms with Crippen molar-refractivity contribution in [3.05, 3.63) is 60.2 Å². The fraction of sp³-hybridized carbons (Fsp3) is 0.417. The lowest BCUT2D eigenvalue weighted by Crippen LogP contribution is -2.60. The van der Waals surface area contributed by atoms with Crippen molar-refractivity contribution < 1.29 is 9.59 Å². The van der Waals surface area contributed by atoms with Crippen LogP contribution in [0.5, 0.6) is 0 Å². The molecule has 1 unspecified atom stereocenters. The van der Waals surface area contributed by atoms with E-state index in [9.17, 15) is 9.59 Å². The number of benzene rings is 2. The van der Waals surface area contributed by atoms with E-state index in [4.69, 9.17) is 0 Å². The molecule has 4 heteroatoms. The molecule has 2 amide bonds. The van der Waals surface area contributed by atoms with Gasteiger partial charge in [-0.15, -0.1) is 0 Å². The SMILES string of the molecule is CCCC(=O)N1c2ccccc2N(C(C)(C)C)C(=O)C1CCc1ccccc1. The summed E-state index contributed by atoms with van der Waals surface area (Å²) < 4.78 is 0. The molecule has 2 aromatic carbocycles. The largest absolute Gasteiger partial charge is 0.303 e. The summed E-state index contributed by atoms with van der Waals surface area (Å²) in [7, 11) is 0. The van der Waals surface area contributed by atoms with Gasteiger partial charge in [-0.1, -0.05) is 49.4 Å². The highest BCUT2D eigenvalue weighted by molar-refractivity contribution is 6.13. The molecule has 0 spiro atoms. The van der Waals surface area contributed by atoms with E-state index in [0.717, 1.165) is 24.2 Å². The van der Waals surface area contributed by atoms with E-state index in [1.807, 2.05) is 75.1 Å². The molecule has 2 aromatic rings. The summed E-state index contributed by atoms with van der Waals surface area (Å²) in [6.45, 7) is 8.12. The summed E-state index contributed by atoms with van der Waals surface area (Å²) in [5.41, 5.74) is 2.48. The maximum absolute atomic E-state index is 13.6. The molecule has 0 aromatic heterocycles. The quantitative estimate of drug-likeness (QED) is 0.737. The van der Waals surface area contributed by atoms with Crippen LogP contribution in [0.25, 0.3) is 0 Å². The number of carbonyl (C=O) groups excluding carboxylic acids is 2. The Morgan fingerprint density at radius 2 is 1.57 bits per heavy atom. The van der Waals surface area contributed by atoms with Gasteiger partial charge in [0.1, 0.15) is 6.04 Å². The predicted octanol–water partition coefficient (Wildman–Crippen LogP) is 4.97. The molecule has 4 nitrogen and oxygen atoms in total. The molecular weight excluding hydrogens is 348 g/mol. The third kappa shape index (κ3) is 3.96. The summed E-state index contributed by atoms with van der Waals surface area (Å²) in [5, 5.41) is 0. The molecular formula is C24H30N2O2.